The number of likely N-dealkylation sites (tertiary alicyclic amines) is 1. The Morgan fingerprint density at radius 3 is 2.60 bits per heavy atom. The Bertz CT molecular complexity index is 1100. The molecule has 1 aromatic heterocycles. The maximum absolute atomic E-state index is 12.9. The fraction of sp³-hybridized carbons (Fsp3) is 0.348. The Morgan fingerprint density at radius 1 is 1.17 bits per heavy atom. The van der Waals surface area contributed by atoms with Crippen molar-refractivity contribution in [3.05, 3.63) is 47.5 Å². The summed E-state index contributed by atoms with van der Waals surface area (Å²) in [5.74, 6) is 0.417. The van der Waals surface area contributed by atoms with Crippen molar-refractivity contribution in [3.8, 4) is 22.8 Å². The van der Waals surface area contributed by atoms with Crippen LogP contribution in [0.3, 0.4) is 0 Å². The molecule has 2 aliphatic heterocycles. The van der Waals surface area contributed by atoms with Crippen LogP contribution in [0.15, 0.2) is 40.8 Å². The summed E-state index contributed by atoms with van der Waals surface area (Å²) in [4.78, 5) is 15.1. The Kier molecular flexibility index (Phi) is 4.45. The van der Waals surface area contributed by atoms with Crippen LogP contribution in [0.4, 0.5) is 0 Å². The summed E-state index contributed by atoms with van der Waals surface area (Å²) in [7, 11) is 1.57. The van der Waals surface area contributed by atoms with Crippen molar-refractivity contribution in [1.29, 1.82) is 0 Å². The highest BCUT2D eigenvalue weighted by molar-refractivity contribution is 6.12. The zero-order valence-electron chi connectivity index (χ0n) is 16.8. The summed E-state index contributed by atoms with van der Waals surface area (Å²) in [5, 5.41) is 23.6. The smallest absolute Gasteiger partial charge is 0.255 e. The third kappa shape index (κ3) is 3.02. The minimum absolute atomic E-state index is 0.136. The molecule has 5 rings (SSSR count). The Morgan fingerprint density at radius 2 is 1.93 bits per heavy atom. The van der Waals surface area contributed by atoms with Crippen molar-refractivity contribution in [3.63, 3.8) is 0 Å². The number of carbonyl (C=O) groups excluding carboxylic acids is 1. The molecule has 3 N–H and O–H groups in total. The van der Waals surface area contributed by atoms with Gasteiger partial charge >= 0.3 is 0 Å². The third-order valence-corrected chi connectivity index (χ3v) is 6.21. The second-order valence-electron chi connectivity index (χ2n) is 8.32. The minimum Gasteiger partial charge on any atom is -0.508 e. The van der Waals surface area contributed by atoms with Gasteiger partial charge in [0.05, 0.1) is 12.2 Å². The molecule has 2 aliphatic rings. The first-order chi connectivity index (χ1) is 14.5. The van der Waals surface area contributed by atoms with Crippen LogP contribution in [0.25, 0.3) is 22.3 Å². The molecule has 0 unspecified atom stereocenters. The van der Waals surface area contributed by atoms with Crippen LogP contribution in [0.1, 0.15) is 22.3 Å². The second kappa shape index (κ2) is 7.04. The number of aromatic hydroxyl groups is 2. The molecule has 7 nitrogen and oxygen atoms in total. The first kappa shape index (κ1) is 19.0. The summed E-state index contributed by atoms with van der Waals surface area (Å²) < 4.78 is 11.6. The first-order valence-electron chi connectivity index (χ1n) is 10.1. The molecule has 2 aromatic carbocycles. The topological polar surface area (TPSA) is 95.2 Å². The lowest BCUT2D eigenvalue weighted by atomic mass is 9.79. The van der Waals surface area contributed by atoms with Gasteiger partial charge in [0.25, 0.3) is 5.91 Å². The van der Waals surface area contributed by atoms with Crippen LogP contribution in [-0.2, 0) is 11.3 Å². The Hall–Kier alpha value is -3.03. The molecular formula is C23H24N2O5. The second-order valence-corrected chi connectivity index (χ2v) is 8.32. The summed E-state index contributed by atoms with van der Waals surface area (Å²) in [6.07, 6.45) is 1.07. The van der Waals surface area contributed by atoms with Crippen LogP contribution in [0.2, 0.25) is 0 Å². The lowest BCUT2D eigenvalue weighted by Gasteiger charge is -2.47. The summed E-state index contributed by atoms with van der Waals surface area (Å²) >= 11 is 0. The average Bonchev–Trinajstić information content (AvgIpc) is 3.35. The molecule has 1 amide bonds. The molecule has 0 bridgehead atoms. The number of benzene rings is 2. The monoisotopic (exact) mass is 408 g/mol. The van der Waals surface area contributed by atoms with Gasteiger partial charge in [-0.1, -0.05) is 0 Å². The van der Waals surface area contributed by atoms with E-state index in [4.69, 9.17) is 9.15 Å². The number of phenolic OH excluding ortho intramolecular Hbond substituents is 2. The summed E-state index contributed by atoms with van der Waals surface area (Å²) in [6.45, 7) is 3.97. The average molecular weight is 408 g/mol. The number of phenols is 2. The Balaban J connectivity index is 1.59. The Labute approximate surface area is 173 Å². The lowest BCUT2D eigenvalue weighted by molar-refractivity contribution is -0.0124. The number of nitrogens with one attached hydrogen (secondary N) is 1. The van der Waals surface area contributed by atoms with Crippen molar-refractivity contribution >= 4 is 16.9 Å². The van der Waals surface area contributed by atoms with Crippen LogP contribution in [0, 0.1) is 5.41 Å². The summed E-state index contributed by atoms with van der Waals surface area (Å²) in [6, 6.07) is 9.82. The highest BCUT2D eigenvalue weighted by Crippen LogP contribution is 2.43. The van der Waals surface area contributed by atoms with Crippen molar-refractivity contribution in [2.24, 2.45) is 5.41 Å². The van der Waals surface area contributed by atoms with E-state index in [0.717, 1.165) is 32.7 Å². The maximum atomic E-state index is 12.9. The lowest BCUT2D eigenvalue weighted by Crippen LogP contribution is -2.56. The molecule has 0 aliphatic carbocycles. The standard InChI is InChI=1S/C23H24N2O5/c1-24-22(28)20-19-16(10-25-11-23(12-25)8-9-29-13-23)17(27)6-7-18(19)30-21(20)14-2-4-15(26)5-3-14/h2-7,26-27H,8-13H2,1H3,(H,24,28). The predicted molar refractivity (Wildman–Crippen MR) is 112 cm³/mol. The molecule has 0 atom stereocenters. The SMILES string of the molecule is CNC(=O)c1c(-c2ccc(O)cc2)oc2ccc(O)c(CN3CC4(CCOC4)C3)c12. The van der Waals surface area contributed by atoms with Gasteiger partial charge in [0.1, 0.15) is 22.8 Å². The molecule has 156 valence electrons. The normalized spacial score (nSPS) is 18.0. The van der Waals surface area contributed by atoms with Crippen LogP contribution >= 0.6 is 0 Å². The molecule has 7 heteroatoms. The van der Waals surface area contributed by atoms with E-state index in [1.54, 1.807) is 43.4 Å². The van der Waals surface area contributed by atoms with Crippen molar-refractivity contribution in [2.45, 2.75) is 13.0 Å². The first-order valence-corrected chi connectivity index (χ1v) is 10.1. The minimum atomic E-state index is -0.284. The fourth-order valence-corrected chi connectivity index (χ4v) is 4.70. The molecule has 2 saturated heterocycles. The van der Waals surface area contributed by atoms with Gasteiger partial charge in [-0.2, -0.15) is 0 Å². The highest BCUT2D eigenvalue weighted by atomic mass is 16.5. The molecule has 3 aromatic rings. The molecule has 0 saturated carbocycles. The maximum Gasteiger partial charge on any atom is 0.255 e. The molecule has 1 spiro atoms. The van der Waals surface area contributed by atoms with E-state index in [2.05, 4.69) is 10.2 Å². The largest absolute Gasteiger partial charge is 0.508 e. The predicted octanol–water partition coefficient (Wildman–Crippen LogP) is 3.09. The number of nitrogens with zero attached hydrogens (tertiary/aromatic N) is 1. The molecule has 30 heavy (non-hydrogen) atoms. The molecular weight excluding hydrogens is 384 g/mol. The number of fused-ring (bicyclic) bond motifs is 1. The van der Waals surface area contributed by atoms with Gasteiger partial charge in [-0.15, -0.1) is 0 Å². The number of rotatable bonds is 4. The number of ether oxygens (including phenoxy) is 1. The van der Waals surface area contributed by atoms with E-state index in [0.29, 0.717) is 40.0 Å². The van der Waals surface area contributed by atoms with E-state index in [1.807, 2.05) is 0 Å². The van der Waals surface area contributed by atoms with E-state index < -0.39 is 0 Å². The van der Waals surface area contributed by atoms with Gasteiger partial charge in [-0.05, 0) is 42.8 Å². The van der Waals surface area contributed by atoms with Gasteiger partial charge in [-0.3, -0.25) is 9.69 Å². The summed E-state index contributed by atoms with van der Waals surface area (Å²) in [5.41, 5.74) is 2.54. The van der Waals surface area contributed by atoms with Gasteiger partial charge in [-0.25, -0.2) is 0 Å². The van der Waals surface area contributed by atoms with Crippen molar-refractivity contribution in [2.75, 3.05) is 33.4 Å². The fourth-order valence-electron chi connectivity index (χ4n) is 4.70. The van der Waals surface area contributed by atoms with Gasteiger partial charge < -0.3 is 24.7 Å². The van der Waals surface area contributed by atoms with E-state index in [1.165, 1.54) is 0 Å². The van der Waals surface area contributed by atoms with Crippen LogP contribution in [0.5, 0.6) is 11.5 Å². The van der Waals surface area contributed by atoms with Crippen LogP contribution < -0.4 is 5.32 Å². The zero-order chi connectivity index (χ0) is 20.9. The number of hydrogen-bond acceptors (Lipinski definition) is 6. The van der Waals surface area contributed by atoms with Crippen molar-refractivity contribution in [1.82, 2.24) is 10.2 Å². The van der Waals surface area contributed by atoms with E-state index in [-0.39, 0.29) is 22.8 Å². The zero-order valence-corrected chi connectivity index (χ0v) is 16.8. The van der Waals surface area contributed by atoms with Gasteiger partial charge in [0.2, 0.25) is 0 Å². The van der Waals surface area contributed by atoms with Crippen molar-refractivity contribution < 1.29 is 24.2 Å². The number of amides is 1. The number of hydrogen-bond donors (Lipinski definition) is 3. The highest BCUT2D eigenvalue weighted by Gasteiger charge is 2.45. The van der Waals surface area contributed by atoms with Gasteiger partial charge in [0.15, 0.2) is 0 Å². The molecule has 2 fully saturated rings. The number of furan rings is 1. The van der Waals surface area contributed by atoms with E-state index >= 15 is 0 Å². The third-order valence-electron chi connectivity index (χ3n) is 6.21. The van der Waals surface area contributed by atoms with Crippen LogP contribution in [-0.4, -0.2) is 54.4 Å². The number of carbonyl (C=O) groups is 1. The van der Waals surface area contributed by atoms with Gasteiger partial charge in [0, 0.05) is 55.2 Å². The van der Waals surface area contributed by atoms with E-state index in [9.17, 15) is 15.0 Å². The quantitative estimate of drug-likeness (QED) is 0.614. The molecule has 3 heterocycles. The molecule has 0 radical (unpaired) electrons.